The molecular weight excluding hydrogens is 397 g/mol. The van der Waals surface area contributed by atoms with Crippen LogP contribution in [-0.2, 0) is 12.6 Å². The Morgan fingerprint density at radius 2 is 1.97 bits per heavy atom. The fraction of sp³-hybridized carbons (Fsp3) is 0.318. The SMILES string of the molecule is CCCCCOc1ccc(Nc2nc3c(s2)Cc2ccccc2-3)cc1C(F)(F)F. The van der Waals surface area contributed by atoms with Crippen LogP contribution < -0.4 is 10.1 Å². The van der Waals surface area contributed by atoms with E-state index in [1.165, 1.54) is 23.0 Å². The van der Waals surface area contributed by atoms with Crippen molar-refractivity contribution in [3.63, 3.8) is 0 Å². The van der Waals surface area contributed by atoms with Gasteiger partial charge in [-0.25, -0.2) is 4.98 Å². The number of hydrogen-bond acceptors (Lipinski definition) is 4. The molecule has 0 bridgehead atoms. The van der Waals surface area contributed by atoms with Gasteiger partial charge in [0.1, 0.15) is 5.75 Å². The number of nitrogens with one attached hydrogen (secondary N) is 1. The van der Waals surface area contributed by atoms with Gasteiger partial charge in [0.15, 0.2) is 5.13 Å². The Labute approximate surface area is 171 Å². The highest BCUT2D eigenvalue weighted by atomic mass is 32.1. The fourth-order valence-corrected chi connectivity index (χ4v) is 4.45. The number of nitrogens with zero attached hydrogens (tertiary/aromatic N) is 1. The molecule has 0 fully saturated rings. The van der Waals surface area contributed by atoms with Crippen LogP contribution in [-0.4, -0.2) is 11.6 Å². The molecule has 152 valence electrons. The standard InChI is InChI=1S/C22H21F3N2OS/c1-2-3-6-11-28-18-10-9-15(13-17(18)22(23,24)25)26-21-27-20-16-8-5-4-7-14(16)12-19(20)29-21/h4-5,7-10,13H,2-3,6,11-12H2,1H3,(H,26,27). The molecule has 0 spiro atoms. The van der Waals surface area contributed by atoms with Gasteiger partial charge in [0.05, 0.1) is 17.9 Å². The van der Waals surface area contributed by atoms with E-state index in [2.05, 4.69) is 16.4 Å². The second kappa shape index (κ2) is 8.06. The average molecular weight is 418 g/mol. The lowest BCUT2D eigenvalue weighted by molar-refractivity contribution is -0.138. The van der Waals surface area contributed by atoms with Crippen LogP contribution in [0.5, 0.6) is 5.75 Å². The highest BCUT2D eigenvalue weighted by Gasteiger charge is 2.35. The van der Waals surface area contributed by atoms with Gasteiger partial charge in [-0.3, -0.25) is 0 Å². The van der Waals surface area contributed by atoms with Gasteiger partial charge in [-0.15, -0.1) is 11.3 Å². The van der Waals surface area contributed by atoms with Gasteiger partial charge in [-0.1, -0.05) is 44.0 Å². The van der Waals surface area contributed by atoms with E-state index in [1.807, 2.05) is 25.1 Å². The van der Waals surface area contributed by atoms with Crippen molar-refractivity contribution < 1.29 is 17.9 Å². The minimum atomic E-state index is -4.48. The molecule has 7 heteroatoms. The second-order valence-corrected chi connectivity index (χ2v) is 8.10. The molecular formula is C22H21F3N2OS. The number of halogens is 3. The molecule has 3 nitrogen and oxygen atoms in total. The fourth-order valence-electron chi connectivity index (χ4n) is 3.43. The van der Waals surface area contributed by atoms with Crippen LogP contribution in [0.1, 0.15) is 42.2 Å². The first kappa shape index (κ1) is 19.8. The maximum atomic E-state index is 13.5. The summed E-state index contributed by atoms with van der Waals surface area (Å²) in [5.41, 5.74) is 2.82. The van der Waals surface area contributed by atoms with E-state index in [-0.39, 0.29) is 12.4 Å². The van der Waals surface area contributed by atoms with Crippen LogP contribution in [0.2, 0.25) is 0 Å². The molecule has 1 heterocycles. The molecule has 0 amide bonds. The van der Waals surface area contributed by atoms with Crippen molar-refractivity contribution in [3.8, 4) is 17.0 Å². The lowest BCUT2D eigenvalue weighted by atomic mass is 10.1. The lowest BCUT2D eigenvalue weighted by Gasteiger charge is -2.15. The van der Waals surface area contributed by atoms with Gasteiger partial charge in [0.2, 0.25) is 0 Å². The van der Waals surface area contributed by atoms with Crippen molar-refractivity contribution in [2.75, 3.05) is 11.9 Å². The Balaban J connectivity index is 1.54. The minimum Gasteiger partial charge on any atom is -0.493 e. The molecule has 1 N–H and O–H groups in total. The third-order valence-corrected chi connectivity index (χ3v) is 5.83. The number of anilines is 2. The lowest BCUT2D eigenvalue weighted by Crippen LogP contribution is -2.10. The van der Waals surface area contributed by atoms with Gasteiger partial charge in [-0.05, 0) is 30.2 Å². The molecule has 1 aliphatic rings. The van der Waals surface area contributed by atoms with Gasteiger partial charge >= 0.3 is 6.18 Å². The van der Waals surface area contributed by atoms with E-state index in [0.29, 0.717) is 10.8 Å². The molecule has 29 heavy (non-hydrogen) atoms. The van der Waals surface area contributed by atoms with Crippen LogP contribution in [0.4, 0.5) is 24.0 Å². The summed E-state index contributed by atoms with van der Waals surface area (Å²) in [7, 11) is 0. The predicted octanol–water partition coefficient (Wildman–Crippen LogP) is 7.05. The quantitative estimate of drug-likeness (QED) is 0.327. The first-order valence-electron chi connectivity index (χ1n) is 9.64. The number of rotatable bonds is 7. The average Bonchev–Trinajstić information content (AvgIpc) is 3.22. The third kappa shape index (κ3) is 4.24. The van der Waals surface area contributed by atoms with Gasteiger partial charge in [-0.2, -0.15) is 13.2 Å². The number of ether oxygens (including phenoxy) is 1. The third-order valence-electron chi connectivity index (χ3n) is 4.86. The van der Waals surface area contributed by atoms with Crippen LogP contribution in [0.3, 0.4) is 0 Å². The molecule has 0 saturated heterocycles. The van der Waals surface area contributed by atoms with E-state index in [9.17, 15) is 13.2 Å². The molecule has 0 unspecified atom stereocenters. The van der Waals surface area contributed by atoms with Gasteiger partial charge in [0, 0.05) is 22.5 Å². The summed E-state index contributed by atoms with van der Waals surface area (Å²) < 4.78 is 46.0. The first-order chi connectivity index (χ1) is 14.0. The molecule has 3 aromatic rings. The highest BCUT2D eigenvalue weighted by molar-refractivity contribution is 7.16. The normalized spacial score (nSPS) is 12.6. The number of fused-ring (bicyclic) bond motifs is 3. The molecule has 1 aliphatic carbocycles. The summed E-state index contributed by atoms with van der Waals surface area (Å²) in [6.07, 6.45) is -1.02. The summed E-state index contributed by atoms with van der Waals surface area (Å²) in [5.74, 6) is -0.130. The van der Waals surface area contributed by atoms with Crippen molar-refractivity contribution >= 4 is 22.2 Å². The smallest absolute Gasteiger partial charge is 0.420 e. The van der Waals surface area contributed by atoms with Crippen molar-refractivity contribution in [1.29, 1.82) is 0 Å². The zero-order valence-electron chi connectivity index (χ0n) is 16.0. The minimum absolute atomic E-state index is 0.130. The first-order valence-corrected chi connectivity index (χ1v) is 10.5. The molecule has 2 aromatic carbocycles. The summed E-state index contributed by atoms with van der Waals surface area (Å²) in [6.45, 7) is 2.32. The summed E-state index contributed by atoms with van der Waals surface area (Å²) in [4.78, 5) is 5.73. The number of hydrogen-bond donors (Lipinski definition) is 1. The zero-order valence-corrected chi connectivity index (χ0v) is 16.8. The van der Waals surface area contributed by atoms with Crippen molar-refractivity contribution in [2.45, 2.75) is 38.8 Å². The Morgan fingerprint density at radius 3 is 2.76 bits per heavy atom. The Hall–Kier alpha value is -2.54. The van der Waals surface area contributed by atoms with Crippen LogP contribution in [0.25, 0.3) is 11.3 Å². The van der Waals surface area contributed by atoms with Crippen molar-refractivity contribution in [2.24, 2.45) is 0 Å². The number of unbranched alkanes of at least 4 members (excludes halogenated alkanes) is 2. The molecule has 0 aliphatic heterocycles. The highest BCUT2D eigenvalue weighted by Crippen LogP contribution is 2.42. The number of benzene rings is 2. The molecule has 0 atom stereocenters. The summed E-state index contributed by atoms with van der Waals surface area (Å²) in [5, 5.41) is 3.62. The van der Waals surface area contributed by atoms with E-state index in [4.69, 9.17) is 4.74 Å². The molecule has 4 rings (SSSR count). The topological polar surface area (TPSA) is 34.1 Å². The molecule has 0 radical (unpaired) electrons. The number of aromatic nitrogens is 1. The van der Waals surface area contributed by atoms with Crippen LogP contribution >= 0.6 is 11.3 Å². The maximum Gasteiger partial charge on any atom is 0.420 e. The zero-order chi connectivity index (χ0) is 20.4. The van der Waals surface area contributed by atoms with E-state index >= 15 is 0 Å². The second-order valence-electron chi connectivity index (χ2n) is 7.01. The molecule has 0 saturated carbocycles. The summed E-state index contributed by atoms with van der Waals surface area (Å²) >= 11 is 1.48. The van der Waals surface area contributed by atoms with Crippen LogP contribution in [0, 0.1) is 0 Å². The molecule has 1 aromatic heterocycles. The Morgan fingerprint density at radius 1 is 1.14 bits per heavy atom. The monoisotopic (exact) mass is 418 g/mol. The largest absolute Gasteiger partial charge is 0.493 e. The number of thiazole rings is 1. The summed E-state index contributed by atoms with van der Waals surface area (Å²) in [6, 6.07) is 12.1. The predicted molar refractivity (Wildman–Crippen MR) is 110 cm³/mol. The Kier molecular flexibility index (Phi) is 5.50. The van der Waals surface area contributed by atoms with Gasteiger partial charge < -0.3 is 10.1 Å². The van der Waals surface area contributed by atoms with Crippen molar-refractivity contribution in [3.05, 3.63) is 58.5 Å². The van der Waals surface area contributed by atoms with Crippen LogP contribution in [0.15, 0.2) is 42.5 Å². The van der Waals surface area contributed by atoms with E-state index < -0.39 is 11.7 Å². The maximum absolute atomic E-state index is 13.5. The Bertz CT molecular complexity index is 1010. The van der Waals surface area contributed by atoms with Crippen molar-refractivity contribution in [1.82, 2.24) is 4.98 Å². The number of alkyl halides is 3. The van der Waals surface area contributed by atoms with E-state index in [1.54, 1.807) is 6.07 Å². The van der Waals surface area contributed by atoms with Gasteiger partial charge in [0.25, 0.3) is 0 Å². The van der Waals surface area contributed by atoms with E-state index in [0.717, 1.165) is 47.9 Å².